The van der Waals surface area contributed by atoms with Crippen LogP contribution in [-0.2, 0) is 14.3 Å². The molecule has 0 saturated carbocycles. The molecule has 0 heterocycles. The summed E-state index contributed by atoms with van der Waals surface area (Å²) in [6, 6.07) is -0.708. The normalized spacial score (nSPS) is 13.4. The Kier molecular flexibility index (Phi) is 53.0. The zero-order valence-electron chi connectivity index (χ0n) is 44.8. The minimum absolute atomic E-state index is 0.0669. The second-order valence-corrected chi connectivity index (χ2v) is 20.0. The third-order valence-corrected chi connectivity index (χ3v) is 13.4. The van der Waals surface area contributed by atoms with Crippen LogP contribution in [0.3, 0.4) is 0 Å². The molecule has 67 heavy (non-hydrogen) atoms. The molecule has 0 aromatic carbocycles. The summed E-state index contributed by atoms with van der Waals surface area (Å²) in [5.74, 6) is -0.493. The molecule has 3 N–H and O–H groups in total. The fraction of sp³-hybridized carbons (Fsp3) is 0.836. The van der Waals surface area contributed by atoms with Crippen molar-refractivity contribution in [2.24, 2.45) is 0 Å². The predicted octanol–water partition coefficient (Wildman–Crippen LogP) is 18.2. The van der Waals surface area contributed by atoms with Gasteiger partial charge in [-0.3, -0.25) is 9.59 Å². The first-order chi connectivity index (χ1) is 33.0. The molecule has 6 heteroatoms. The number of hydrogen-bond donors (Lipinski definition) is 3. The Bertz CT molecular complexity index is 1150. The fourth-order valence-electron chi connectivity index (χ4n) is 8.97. The lowest BCUT2D eigenvalue weighted by atomic mass is 10.0. The molecule has 0 fully saturated rings. The molecule has 0 aliphatic heterocycles. The van der Waals surface area contributed by atoms with Gasteiger partial charge in [0.05, 0.1) is 25.2 Å². The quantitative estimate of drug-likeness (QED) is 0.0321. The van der Waals surface area contributed by atoms with Crippen LogP contribution < -0.4 is 5.32 Å². The monoisotopic (exact) mass is 940 g/mol. The molecule has 3 unspecified atom stereocenters. The first-order valence-corrected chi connectivity index (χ1v) is 29.4. The SMILES string of the molecule is CC/C=C/C/C=C/C/C=C/CCCCCCC(=O)OC(CCCCCCCCC/C=C/CCCCCCCC)CC(=O)NC(CO)C(O)CCCCCCCCCCCCCCCCCCC. The van der Waals surface area contributed by atoms with Crippen LogP contribution in [0.15, 0.2) is 48.6 Å². The zero-order valence-corrected chi connectivity index (χ0v) is 44.8. The second-order valence-electron chi connectivity index (χ2n) is 20.0. The van der Waals surface area contributed by atoms with E-state index in [1.165, 1.54) is 167 Å². The lowest BCUT2D eigenvalue weighted by Crippen LogP contribution is -2.46. The number of carbonyl (C=O) groups is 2. The van der Waals surface area contributed by atoms with E-state index in [4.69, 9.17) is 4.74 Å². The van der Waals surface area contributed by atoms with Gasteiger partial charge >= 0.3 is 5.97 Å². The largest absolute Gasteiger partial charge is 0.462 e. The van der Waals surface area contributed by atoms with Crippen LogP contribution in [0.5, 0.6) is 0 Å². The molecule has 0 saturated heterocycles. The first-order valence-electron chi connectivity index (χ1n) is 29.4. The average Bonchev–Trinajstić information content (AvgIpc) is 3.32. The van der Waals surface area contributed by atoms with Crippen molar-refractivity contribution in [3.8, 4) is 0 Å². The summed E-state index contributed by atoms with van der Waals surface area (Å²) < 4.78 is 5.95. The molecule has 3 atom stereocenters. The molecule has 0 aromatic heterocycles. The van der Waals surface area contributed by atoms with Crippen LogP contribution in [0.25, 0.3) is 0 Å². The Hall–Kier alpha value is -2.18. The molecule has 0 spiro atoms. The van der Waals surface area contributed by atoms with E-state index in [1.807, 2.05) is 0 Å². The molecular weight excluding hydrogens is 827 g/mol. The van der Waals surface area contributed by atoms with Gasteiger partial charge in [0.25, 0.3) is 0 Å². The number of esters is 1. The molecule has 6 nitrogen and oxygen atoms in total. The van der Waals surface area contributed by atoms with Gasteiger partial charge in [0.1, 0.15) is 6.10 Å². The number of allylic oxidation sites excluding steroid dienone is 8. The Balaban J connectivity index is 4.55. The highest BCUT2D eigenvalue weighted by Crippen LogP contribution is 2.18. The summed E-state index contributed by atoms with van der Waals surface area (Å²) in [6.07, 6.45) is 67.5. The molecule has 1 amide bonds. The summed E-state index contributed by atoms with van der Waals surface area (Å²) in [5, 5.41) is 23.9. The topological polar surface area (TPSA) is 95.9 Å². The molecule has 0 rings (SSSR count). The minimum Gasteiger partial charge on any atom is -0.462 e. The Labute approximate surface area is 416 Å². The standard InChI is InChI=1S/C61H113NO5/c1-4-7-10-13-16-19-22-25-28-30-32-34-37-40-43-46-49-52-57(67-61(66)54-51-48-45-42-39-36-27-24-21-18-15-12-9-6-3)55-60(65)62-58(56-63)59(64)53-50-47-44-41-38-35-33-31-29-26-23-20-17-14-11-8-5-2/h9,12,18,21,25,27-28,36,57-59,63-64H,4-8,10-11,13-17,19-20,22-24,26,29-35,37-56H2,1-3H3,(H,62,65)/b12-9+,21-18+,28-25+,36-27+. The van der Waals surface area contributed by atoms with Gasteiger partial charge in [0.2, 0.25) is 5.91 Å². The lowest BCUT2D eigenvalue weighted by molar-refractivity contribution is -0.151. The summed E-state index contributed by atoms with van der Waals surface area (Å²) in [5.41, 5.74) is 0. The second kappa shape index (κ2) is 54.8. The van der Waals surface area contributed by atoms with E-state index in [0.29, 0.717) is 19.3 Å². The smallest absolute Gasteiger partial charge is 0.306 e. The van der Waals surface area contributed by atoms with Gasteiger partial charge in [-0.15, -0.1) is 0 Å². The number of unbranched alkanes of at least 4 members (excludes halogenated alkanes) is 33. The molecule has 0 bridgehead atoms. The first kappa shape index (κ1) is 64.8. The number of aliphatic hydroxyl groups excluding tert-OH is 2. The molecule has 392 valence electrons. The van der Waals surface area contributed by atoms with Gasteiger partial charge in [0.15, 0.2) is 0 Å². The van der Waals surface area contributed by atoms with Crippen LogP contribution in [0, 0.1) is 0 Å². The third kappa shape index (κ3) is 50.0. The number of rotatable bonds is 53. The highest BCUT2D eigenvalue weighted by atomic mass is 16.5. The third-order valence-electron chi connectivity index (χ3n) is 13.4. The maximum atomic E-state index is 13.3. The van der Waals surface area contributed by atoms with Crippen LogP contribution in [0.1, 0.15) is 303 Å². The van der Waals surface area contributed by atoms with E-state index in [-0.39, 0.29) is 24.9 Å². The van der Waals surface area contributed by atoms with Crippen molar-refractivity contribution in [3.63, 3.8) is 0 Å². The average molecular weight is 941 g/mol. The van der Waals surface area contributed by atoms with Crippen molar-refractivity contribution in [2.45, 2.75) is 322 Å². The van der Waals surface area contributed by atoms with E-state index in [9.17, 15) is 19.8 Å². The van der Waals surface area contributed by atoms with Gasteiger partial charge in [0, 0.05) is 6.42 Å². The van der Waals surface area contributed by atoms with Gasteiger partial charge in [-0.1, -0.05) is 256 Å². The van der Waals surface area contributed by atoms with E-state index < -0.39 is 18.2 Å². The van der Waals surface area contributed by atoms with Crippen LogP contribution in [0.2, 0.25) is 0 Å². The summed E-state index contributed by atoms with van der Waals surface area (Å²) in [4.78, 5) is 26.3. The Morgan fingerprint density at radius 2 is 0.806 bits per heavy atom. The van der Waals surface area contributed by atoms with Crippen LogP contribution in [0.4, 0.5) is 0 Å². The fourth-order valence-corrected chi connectivity index (χ4v) is 8.97. The molecule has 0 aliphatic carbocycles. The number of nitrogens with one attached hydrogen (secondary N) is 1. The Morgan fingerprint density at radius 3 is 1.24 bits per heavy atom. The van der Waals surface area contributed by atoms with Crippen molar-refractivity contribution >= 4 is 11.9 Å². The number of carbonyl (C=O) groups excluding carboxylic acids is 2. The van der Waals surface area contributed by atoms with Crippen LogP contribution >= 0.6 is 0 Å². The summed E-state index contributed by atoms with van der Waals surface area (Å²) in [7, 11) is 0. The lowest BCUT2D eigenvalue weighted by Gasteiger charge is -2.24. The Morgan fingerprint density at radius 1 is 0.448 bits per heavy atom. The summed E-state index contributed by atoms with van der Waals surface area (Å²) >= 11 is 0. The van der Waals surface area contributed by atoms with E-state index in [2.05, 4.69) is 74.7 Å². The minimum atomic E-state index is -0.794. The summed E-state index contributed by atoms with van der Waals surface area (Å²) in [6.45, 7) is 6.40. The van der Waals surface area contributed by atoms with E-state index in [1.54, 1.807) is 0 Å². The highest BCUT2D eigenvalue weighted by molar-refractivity contribution is 5.77. The van der Waals surface area contributed by atoms with E-state index >= 15 is 0 Å². The number of hydrogen-bond acceptors (Lipinski definition) is 5. The van der Waals surface area contributed by atoms with Crippen molar-refractivity contribution in [1.29, 1.82) is 0 Å². The maximum absolute atomic E-state index is 13.3. The number of aliphatic hydroxyl groups is 2. The van der Waals surface area contributed by atoms with Crippen LogP contribution in [-0.4, -0.2) is 46.9 Å². The van der Waals surface area contributed by atoms with Gasteiger partial charge in [-0.05, 0) is 83.5 Å². The molecule has 0 aliphatic rings. The maximum Gasteiger partial charge on any atom is 0.306 e. The predicted molar refractivity (Wildman–Crippen MR) is 292 cm³/mol. The highest BCUT2D eigenvalue weighted by Gasteiger charge is 2.24. The number of amides is 1. The van der Waals surface area contributed by atoms with Gasteiger partial charge in [-0.2, -0.15) is 0 Å². The van der Waals surface area contributed by atoms with E-state index in [0.717, 1.165) is 89.9 Å². The van der Waals surface area contributed by atoms with Crippen molar-refractivity contribution in [3.05, 3.63) is 48.6 Å². The van der Waals surface area contributed by atoms with Crippen molar-refractivity contribution in [1.82, 2.24) is 5.32 Å². The van der Waals surface area contributed by atoms with Gasteiger partial charge in [-0.25, -0.2) is 0 Å². The van der Waals surface area contributed by atoms with Crippen molar-refractivity contribution in [2.75, 3.05) is 6.61 Å². The molecule has 0 radical (unpaired) electrons. The van der Waals surface area contributed by atoms with Gasteiger partial charge < -0.3 is 20.3 Å². The molecular formula is C61H113NO5. The zero-order chi connectivity index (χ0) is 48.8. The molecule has 0 aromatic rings. The van der Waals surface area contributed by atoms with Crippen molar-refractivity contribution < 1.29 is 24.5 Å². The number of ether oxygens (including phenoxy) is 1.